The first-order valence-electron chi connectivity index (χ1n) is 6.60. The van der Waals surface area contributed by atoms with Gasteiger partial charge in [-0.3, -0.25) is 4.90 Å². The van der Waals surface area contributed by atoms with Crippen LogP contribution < -0.4 is 5.32 Å². The lowest BCUT2D eigenvalue weighted by molar-refractivity contribution is 0.326. The molecular weight excluding hydrogens is 234 g/mol. The third-order valence-corrected chi connectivity index (χ3v) is 3.92. The predicted molar refractivity (Wildman–Crippen MR) is 67.7 cm³/mol. The predicted octanol–water partition coefficient (Wildman–Crippen LogP) is 2.92. The van der Waals surface area contributed by atoms with E-state index in [1.807, 2.05) is 0 Å². The van der Waals surface area contributed by atoms with E-state index in [-0.39, 0.29) is 11.7 Å². The Labute approximate surface area is 106 Å². The molecule has 2 aliphatic rings. The first kappa shape index (κ1) is 11.9. The van der Waals surface area contributed by atoms with Crippen LogP contribution in [0.25, 0.3) is 0 Å². The van der Waals surface area contributed by atoms with Gasteiger partial charge in [-0.2, -0.15) is 0 Å². The van der Waals surface area contributed by atoms with Crippen LogP contribution in [-0.2, 0) is 0 Å². The number of hydrogen-bond acceptors (Lipinski definition) is 2. The summed E-state index contributed by atoms with van der Waals surface area (Å²) in [4.78, 5) is 2.42. The van der Waals surface area contributed by atoms with Gasteiger partial charge in [0.2, 0.25) is 0 Å². The Morgan fingerprint density at radius 3 is 2.72 bits per heavy atom. The van der Waals surface area contributed by atoms with Gasteiger partial charge in [-0.05, 0) is 37.8 Å². The number of benzene rings is 1. The van der Waals surface area contributed by atoms with Gasteiger partial charge in [0.25, 0.3) is 0 Å². The number of nitrogens with zero attached hydrogens (tertiary/aromatic N) is 1. The van der Waals surface area contributed by atoms with Crippen LogP contribution >= 0.6 is 0 Å². The van der Waals surface area contributed by atoms with Gasteiger partial charge in [-0.1, -0.05) is 6.07 Å². The zero-order valence-corrected chi connectivity index (χ0v) is 10.5. The molecule has 2 fully saturated rings. The van der Waals surface area contributed by atoms with Gasteiger partial charge in [0.15, 0.2) is 5.82 Å². The molecule has 1 saturated carbocycles. The summed E-state index contributed by atoms with van der Waals surface area (Å²) >= 11 is 0. The summed E-state index contributed by atoms with van der Waals surface area (Å²) in [5.74, 6) is -0.956. The molecule has 4 heteroatoms. The molecule has 1 aromatic rings. The lowest BCUT2D eigenvalue weighted by atomic mass is 10.1. The molecule has 1 unspecified atom stereocenters. The van der Waals surface area contributed by atoms with Gasteiger partial charge in [0.05, 0.1) is 0 Å². The average Bonchev–Trinajstić information content (AvgIpc) is 3.10. The van der Waals surface area contributed by atoms with Gasteiger partial charge in [0.1, 0.15) is 11.5 Å². The fraction of sp³-hybridized carbons (Fsp3) is 0.571. The minimum atomic E-state index is -0.497. The monoisotopic (exact) mass is 252 g/mol. The molecule has 3 rings (SSSR count). The fourth-order valence-corrected chi connectivity index (χ4v) is 2.67. The van der Waals surface area contributed by atoms with E-state index in [1.54, 1.807) is 6.92 Å². The normalized spacial score (nSPS) is 24.5. The molecule has 0 radical (unpaired) electrons. The summed E-state index contributed by atoms with van der Waals surface area (Å²) in [6, 6.07) is 3.69. The van der Waals surface area contributed by atoms with E-state index in [0.717, 1.165) is 25.6 Å². The minimum absolute atomic E-state index is 0.0395. The molecule has 0 aromatic heterocycles. The lowest BCUT2D eigenvalue weighted by Gasteiger charge is -2.18. The number of likely N-dealkylation sites (tertiary alicyclic amines) is 1. The van der Waals surface area contributed by atoms with Gasteiger partial charge in [-0.25, -0.2) is 8.78 Å². The summed E-state index contributed by atoms with van der Waals surface area (Å²) < 4.78 is 27.5. The fourth-order valence-electron chi connectivity index (χ4n) is 2.67. The summed E-state index contributed by atoms with van der Waals surface area (Å²) in [5, 5.41) is 3.04. The molecule has 1 atom stereocenters. The van der Waals surface area contributed by atoms with E-state index >= 15 is 0 Å². The Balaban J connectivity index is 1.71. The third kappa shape index (κ3) is 2.21. The molecule has 98 valence electrons. The molecule has 0 bridgehead atoms. The maximum Gasteiger partial charge on any atom is 0.152 e. The zero-order valence-electron chi connectivity index (χ0n) is 10.5. The maximum absolute atomic E-state index is 13.9. The van der Waals surface area contributed by atoms with Crippen LogP contribution in [0.5, 0.6) is 0 Å². The van der Waals surface area contributed by atoms with E-state index in [1.165, 1.54) is 25.0 Å². The standard InChI is InChI=1S/C14H18F2N2/c1-9-2-5-12(15)14(13(9)16)17-10-6-7-18(8-10)11-3-4-11/h2,5,10-11,17H,3-4,6-8H2,1H3. The number of halogens is 2. The molecule has 0 spiro atoms. The van der Waals surface area contributed by atoms with Crippen molar-refractivity contribution in [1.82, 2.24) is 4.90 Å². The largest absolute Gasteiger partial charge is 0.376 e. The quantitative estimate of drug-likeness (QED) is 0.889. The van der Waals surface area contributed by atoms with Crippen molar-refractivity contribution in [3.05, 3.63) is 29.3 Å². The van der Waals surface area contributed by atoms with Crippen LogP contribution in [0.15, 0.2) is 12.1 Å². The van der Waals surface area contributed by atoms with Crippen molar-refractivity contribution in [1.29, 1.82) is 0 Å². The van der Waals surface area contributed by atoms with Gasteiger partial charge in [0, 0.05) is 25.2 Å². The highest BCUT2D eigenvalue weighted by Crippen LogP contribution is 2.31. The molecule has 1 aliphatic carbocycles. The number of rotatable bonds is 3. The number of nitrogens with one attached hydrogen (secondary N) is 1. The van der Waals surface area contributed by atoms with Crippen LogP contribution in [0.3, 0.4) is 0 Å². The summed E-state index contributed by atoms with van der Waals surface area (Å²) in [6.45, 7) is 3.60. The first-order chi connectivity index (χ1) is 8.65. The molecule has 1 saturated heterocycles. The second-order valence-electron chi connectivity index (χ2n) is 5.41. The zero-order chi connectivity index (χ0) is 12.7. The topological polar surface area (TPSA) is 15.3 Å². The smallest absolute Gasteiger partial charge is 0.152 e. The highest BCUT2D eigenvalue weighted by molar-refractivity contribution is 5.49. The van der Waals surface area contributed by atoms with Crippen molar-refractivity contribution in [3.63, 3.8) is 0 Å². The van der Waals surface area contributed by atoms with Crippen molar-refractivity contribution in [2.24, 2.45) is 0 Å². The molecule has 1 aliphatic heterocycles. The second-order valence-corrected chi connectivity index (χ2v) is 5.41. The molecule has 1 aromatic carbocycles. The Morgan fingerprint density at radius 2 is 2.00 bits per heavy atom. The van der Waals surface area contributed by atoms with E-state index < -0.39 is 11.6 Å². The van der Waals surface area contributed by atoms with Gasteiger partial charge >= 0.3 is 0 Å². The first-order valence-corrected chi connectivity index (χ1v) is 6.60. The molecule has 1 N–H and O–H groups in total. The number of aryl methyl sites for hydroxylation is 1. The lowest BCUT2D eigenvalue weighted by Crippen LogP contribution is -2.28. The van der Waals surface area contributed by atoms with Crippen LogP contribution in [0.2, 0.25) is 0 Å². The molecule has 18 heavy (non-hydrogen) atoms. The van der Waals surface area contributed by atoms with Crippen molar-refractivity contribution in [2.75, 3.05) is 18.4 Å². The summed E-state index contributed by atoms with van der Waals surface area (Å²) in [6.07, 6.45) is 3.52. The van der Waals surface area contributed by atoms with Crippen LogP contribution in [-0.4, -0.2) is 30.1 Å². The molecule has 0 amide bonds. The van der Waals surface area contributed by atoms with Crippen molar-refractivity contribution in [3.8, 4) is 0 Å². The van der Waals surface area contributed by atoms with E-state index in [2.05, 4.69) is 10.2 Å². The van der Waals surface area contributed by atoms with Crippen LogP contribution in [0.1, 0.15) is 24.8 Å². The maximum atomic E-state index is 13.9. The Hall–Kier alpha value is -1.16. The number of hydrogen-bond donors (Lipinski definition) is 1. The minimum Gasteiger partial charge on any atom is -0.376 e. The highest BCUT2D eigenvalue weighted by atomic mass is 19.1. The van der Waals surface area contributed by atoms with Gasteiger partial charge < -0.3 is 5.32 Å². The highest BCUT2D eigenvalue weighted by Gasteiger charge is 2.34. The Kier molecular flexibility index (Phi) is 2.98. The average molecular weight is 252 g/mol. The Morgan fingerprint density at radius 1 is 1.22 bits per heavy atom. The van der Waals surface area contributed by atoms with Crippen LogP contribution in [0.4, 0.5) is 14.5 Å². The Bertz CT molecular complexity index is 457. The van der Waals surface area contributed by atoms with Gasteiger partial charge in [-0.15, -0.1) is 0 Å². The van der Waals surface area contributed by atoms with Crippen LogP contribution in [0, 0.1) is 18.6 Å². The van der Waals surface area contributed by atoms with Crippen molar-refractivity contribution < 1.29 is 8.78 Å². The number of anilines is 1. The van der Waals surface area contributed by atoms with Crippen molar-refractivity contribution in [2.45, 2.75) is 38.3 Å². The SMILES string of the molecule is Cc1ccc(F)c(NC2CCN(C3CC3)C2)c1F. The third-order valence-electron chi connectivity index (χ3n) is 3.92. The summed E-state index contributed by atoms with van der Waals surface area (Å²) in [5.41, 5.74) is 0.522. The molecule has 2 nitrogen and oxygen atoms in total. The molecule has 1 heterocycles. The van der Waals surface area contributed by atoms with E-state index in [0.29, 0.717) is 5.56 Å². The summed E-state index contributed by atoms with van der Waals surface area (Å²) in [7, 11) is 0. The van der Waals surface area contributed by atoms with E-state index in [9.17, 15) is 8.78 Å². The van der Waals surface area contributed by atoms with E-state index in [4.69, 9.17) is 0 Å². The molecular formula is C14H18F2N2. The second kappa shape index (κ2) is 4.50. The van der Waals surface area contributed by atoms with Crippen molar-refractivity contribution >= 4 is 5.69 Å².